The third-order valence-electron chi connectivity index (χ3n) is 5.11. The lowest BCUT2D eigenvalue weighted by Crippen LogP contribution is -2.15. The normalized spacial score (nSPS) is 12.2. The van der Waals surface area contributed by atoms with E-state index in [2.05, 4.69) is 15.1 Å². The number of fused-ring (bicyclic) bond motifs is 1. The van der Waals surface area contributed by atoms with E-state index in [0.29, 0.717) is 0 Å². The van der Waals surface area contributed by atoms with Crippen LogP contribution < -0.4 is 5.56 Å². The van der Waals surface area contributed by atoms with Crippen LogP contribution in [0.15, 0.2) is 63.4 Å². The van der Waals surface area contributed by atoms with Crippen molar-refractivity contribution in [3.05, 3.63) is 75.3 Å². The van der Waals surface area contributed by atoms with Crippen molar-refractivity contribution in [3.63, 3.8) is 0 Å². The second-order valence-electron chi connectivity index (χ2n) is 8.45. The van der Waals surface area contributed by atoms with E-state index in [1.54, 1.807) is 12.1 Å². The Labute approximate surface area is 193 Å². The predicted octanol–water partition coefficient (Wildman–Crippen LogP) is 3.59. The van der Waals surface area contributed by atoms with Gasteiger partial charge in [-0.2, -0.15) is 5.10 Å². The molecule has 11 heteroatoms. The number of hydrogen-bond donors (Lipinski definition) is 2. The molecule has 2 aromatic heterocycles. The second kappa shape index (κ2) is 7.82. The number of sulfone groups is 1. The lowest BCUT2D eigenvalue weighted by atomic mass is 9.87. The highest BCUT2D eigenvalue weighted by Crippen LogP contribution is 2.31. The summed E-state index contributed by atoms with van der Waals surface area (Å²) in [6.45, 7) is 6.07. The van der Waals surface area contributed by atoms with E-state index in [1.807, 2.05) is 20.8 Å². The van der Waals surface area contributed by atoms with Crippen LogP contribution in [0.3, 0.4) is 0 Å². The van der Waals surface area contributed by atoms with Crippen molar-refractivity contribution in [1.29, 1.82) is 0 Å². The first-order valence-electron chi connectivity index (χ1n) is 9.75. The summed E-state index contributed by atoms with van der Waals surface area (Å²) in [5.74, 6) is -1.22. The number of H-pyrrole nitrogens is 1. The van der Waals surface area contributed by atoms with Crippen molar-refractivity contribution >= 4 is 38.3 Å². The summed E-state index contributed by atoms with van der Waals surface area (Å²) in [4.78, 5) is 30.3. The highest BCUT2D eigenvalue weighted by molar-refractivity contribution is 7.91. The molecule has 0 aliphatic heterocycles. The Bertz CT molecular complexity index is 1570. The molecule has 0 spiro atoms. The number of rotatable bonds is 4. The number of carboxylic acids is 1. The second-order valence-corrected chi connectivity index (χ2v) is 10.8. The standard InChI is InChI=1S/C22H19ClN4O5S/c1-22(2,3)13-4-6-14(7-5-13)33(31,32)18-8-15-17(9-16(18)23)25-21(26-19(15)28)27-11-12(10-24-27)20(29)30/h4-11H,1-3H3,(H,29,30)(H,25,26,28). The fourth-order valence-corrected chi connectivity index (χ4v) is 5.05. The van der Waals surface area contributed by atoms with Crippen molar-refractivity contribution in [3.8, 4) is 5.95 Å². The largest absolute Gasteiger partial charge is 0.478 e. The molecule has 0 saturated carbocycles. The van der Waals surface area contributed by atoms with Crippen LogP contribution in [-0.2, 0) is 15.3 Å². The zero-order chi connectivity index (χ0) is 24.1. The molecule has 0 bridgehead atoms. The molecule has 33 heavy (non-hydrogen) atoms. The summed E-state index contributed by atoms with van der Waals surface area (Å²) >= 11 is 6.31. The molecule has 0 saturated heterocycles. The van der Waals surface area contributed by atoms with Crippen molar-refractivity contribution in [2.45, 2.75) is 36.0 Å². The topological polar surface area (TPSA) is 135 Å². The van der Waals surface area contributed by atoms with Gasteiger partial charge in [0.2, 0.25) is 15.8 Å². The molecule has 2 N–H and O–H groups in total. The molecule has 170 valence electrons. The third-order valence-corrected chi connectivity index (χ3v) is 7.35. The van der Waals surface area contributed by atoms with Gasteiger partial charge in [0.15, 0.2) is 0 Å². The maximum Gasteiger partial charge on any atom is 0.338 e. The van der Waals surface area contributed by atoms with Crippen LogP contribution in [0.1, 0.15) is 36.7 Å². The molecule has 0 amide bonds. The quantitative estimate of drug-likeness (QED) is 0.450. The fourth-order valence-electron chi connectivity index (χ4n) is 3.25. The van der Waals surface area contributed by atoms with Gasteiger partial charge in [0.25, 0.3) is 5.56 Å². The molecule has 0 fully saturated rings. The van der Waals surface area contributed by atoms with Crippen molar-refractivity contribution in [1.82, 2.24) is 19.7 Å². The molecule has 2 aromatic carbocycles. The summed E-state index contributed by atoms with van der Waals surface area (Å²) in [6, 6.07) is 9.00. The summed E-state index contributed by atoms with van der Waals surface area (Å²) in [7, 11) is -4.00. The highest BCUT2D eigenvalue weighted by Gasteiger charge is 2.24. The Morgan fingerprint density at radius 2 is 1.82 bits per heavy atom. The minimum absolute atomic E-state index is 0.0126. The molecule has 4 aromatic rings. The number of hydrogen-bond acceptors (Lipinski definition) is 6. The van der Waals surface area contributed by atoms with Gasteiger partial charge in [-0.25, -0.2) is 22.9 Å². The number of aromatic nitrogens is 4. The zero-order valence-corrected chi connectivity index (χ0v) is 19.4. The number of carbonyl (C=O) groups is 1. The minimum Gasteiger partial charge on any atom is -0.478 e. The van der Waals surface area contributed by atoms with Gasteiger partial charge in [-0.15, -0.1) is 0 Å². The lowest BCUT2D eigenvalue weighted by Gasteiger charge is -2.19. The molecule has 0 radical (unpaired) electrons. The van der Waals surface area contributed by atoms with Gasteiger partial charge in [0, 0.05) is 6.20 Å². The van der Waals surface area contributed by atoms with Crippen LogP contribution in [-0.4, -0.2) is 39.2 Å². The molecular weight excluding hydrogens is 468 g/mol. The van der Waals surface area contributed by atoms with Crippen LogP contribution in [0.25, 0.3) is 16.9 Å². The Morgan fingerprint density at radius 1 is 1.15 bits per heavy atom. The van der Waals surface area contributed by atoms with E-state index in [4.69, 9.17) is 16.7 Å². The average molecular weight is 487 g/mol. The van der Waals surface area contributed by atoms with Crippen LogP contribution in [0.2, 0.25) is 5.02 Å². The first-order chi connectivity index (χ1) is 15.4. The number of aromatic amines is 1. The molecule has 0 atom stereocenters. The number of benzene rings is 2. The Hall–Kier alpha value is -3.50. The van der Waals surface area contributed by atoms with Crippen LogP contribution >= 0.6 is 11.6 Å². The van der Waals surface area contributed by atoms with Gasteiger partial charge in [0.1, 0.15) is 0 Å². The van der Waals surface area contributed by atoms with Gasteiger partial charge in [-0.05, 0) is 35.2 Å². The Balaban J connectivity index is 1.81. The number of nitrogens with one attached hydrogen (secondary N) is 1. The summed E-state index contributed by atoms with van der Waals surface area (Å²) in [6.07, 6.45) is 2.30. The van der Waals surface area contributed by atoms with E-state index in [9.17, 15) is 18.0 Å². The summed E-state index contributed by atoms with van der Waals surface area (Å²) in [5, 5.41) is 12.8. The van der Waals surface area contributed by atoms with E-state index < -0.39 is 21.4 Å². The molecular formula is C22H19ClN4O5S. The molecule has 4 rings (SSSR count). The zero-order valence-electron chi connectivity index (χ0n) is 17.8. The maximum absolute atomic E-state index is 13.2. The van der Waals surface area contributed by atoms with Gasteiger partial charge < -0.3 is 5.11 Å². The van der Waals surface area contributed by atoms with Gasteiger partial charge in [-0.3, -0.25) is 9.78 Å². The van der Waals surface area contributed by atoms with Gasteiger partial charge in [-0.1, -0.05) is 44.5 Å². The molecule has 0 unspecified atom stereocenters. The number of carboxylic acid groups (broad SMARTS) is 1. The van der Waals surface area contributed by atoms with Crippen LogP contribution in [0, 0.1) is 0 Å². The smallest absolute Gasteiger partial charge is 0.338 e. The highest BCUT2D eigenvalue weighted by atomic mass is 35.5. The van der Waals surface area contributed by atoms with Crippen molar-refractivity contribution in [2.75, 3.05) is 0 Å². The molecule has 0 aliphatic rings. The van der Waals surface area contributed by atoms with Crippen LogP contribution in [0.5, 0.6) is 0 Å². The number of halogens is 1. The number of aromatic carboxylic acids is 1. The van der Waals surface area contributed by atoms with E-state index >= 15 is 0 Å². The summed E-state index contributed by atoms with van der Waals surface area (Å²) in [5.41, 5.74) is 0.254. The maximum atomic E-state index is 13.2. The van der Waals surface area contributed by atoms with Crippen LogP contribution in [0.4, 0.5) is 0 Å². The predicted molar refractivity (Wildman–Crippen MR) is 122 cm³/mol. The van der Waals surface area contributed by atoms with Crippen molar-refractivity contribution in [2.24, 2.45) is 0 Å². The lowest BCUT2D eigenvalue weighted by molar-refractivity contribution is 0.0697. The van der Waals surface area contributed by atoms with Gasteiger partial charge >= 0.3 is 5.97 Å². The van der Waals surface area contributed by atoms with Gasteiger partial charge in [0.05, 0.1) is 37.5 Å². The van der Waals surface area contributed by atoms with E-state index in [1.165, 1.54) is 30.5 Å². The Kier molecular flexibility index (Phi) is 5.38. The molecule has 9 nitrogen and oxygen atoms in total. The average Bonchev–Trinajstić information content (AvgIpc) is 3.23. The SMILES string of the molecule is CC(C)(C)c1ccc(S(=O)(=O)c2cc3c(=O)[nH]c(-n4cc(C(=O)O)cn4)nc3cc2Cl)cc1. The molecule has 2 heterocycles. The monoisotopic (exact) mass is 486 g/mol. The number of nitrogens with zero attached hydrogens (tertiary/aromatic N) is 3. The fraction of sp³-hybridized carbons (Fsp3) is 0.182. The first-order valence-corrected chi connectivity index (χ1v) is 11.6. The summed E-state index contributed by atoms with van der Waals surface area (Å²) < 4.78 is 27.6. The molecule has 0 aliphatic carbocycles. The first kappa shape index (κ1) is 22.7. The van der Waals surface area contributed by atoms with E-state index in [-0.39, 0.29) is 42.6 Å². The third kappa shape index (κ3) is 4.14. The van der Waals surface area contributed by atoms with E-state index in [0.717, 1.165) is 16.4 Å². The Morgan fingerprint density at radius 3 is 2.39 bits per heavy atom. The van der Waals surface area contributed by atoms with Crippen molar-refractivity contribution < 1.29 is 18.3 Å². The minimum atomic E-state index is -4.00.